The molecule has 2 rings (SSSR count). The summed E-state index contributed by atoms with van der Waals surface area (Å²) in [4.78, 5) is 13.4. The third kappa shape index (κ3) is 2.15. The Morgan fingerprint density at radius 2 is 2.31 bits per heavy atom. The van der Waals surface area contributed by atoms with E-state index in [1.165, 1.54) is 0 Å². The average molecular weight is 332 g/mol. The van der Waals surface area contributed by atoms with Crippen LogP contribution in [0.4, 0.5) is 5.69 Å². The summed E-state index contributed by atoms with van der Waals surface area (Å²) in [7, 11) is 1.63. The molecular formula is C11H13IN2O2. The zero-order valence-corrected chi connectivity index (χ0v) is 11.1. The van der Waals surface area contributed by atoms with Crippen molar-refractivity contribution < 1.29 is 9.53 Å². The number of nitrogens with zero attached hydrogens (tertiary/aromatic N) is 1. The molecule has 1 fully saturated rings. The van der Waals surface area contributed by atoms with E-state index in [-0.39, 0.29) is 11.9 Å². The molecule has 0 aromatic heterocycles. The molecule has 1 aromatic carbocycles. The Hall–Kier alpha value is -0.820. The first-order chi connectivity index (χ1) is 7.61. The maximum absolute atomic E-state index is 11.7. The predicted octanol–water partition coefficient (Wildman–Crippen LogP) is 1.36. The average Bonchev–Trinajstić information content (AvgIpc) is 2.58. The van der Waals surface area contributed by atoms with Gasteiger partial charge in [-0.3, -0.25) is 4.79 Å². The van der Waals surface area contributed by atoms with Crippen LogP contribution in [0.1, 0.15) is 6.42 Å². The number of anilines is 1. The van der Waals surface area contributed by atoms with E-state index in [0.717, 1.165) is 15.0 Å². The lowest BCUT2D eigenvalue weighted by atomic mass is 10.3. The SMILES string of the molecule is COc1ccc(N2CC(N)CC2=O)cc1I. The molecular weight excluding hydrogens is 319 g/mol. The zero-order valence-electron chi connectivity index (χ0n) is 8.94. The van der Waals surface area contributed by atoms with Crippen LogP contribution in [0.25, 0.3) is 0 Å². The first-order valence-corrected chi connectivity index (χ1v) is 6.09. The van der Waals surface area contributed by atoms with Crippen molar-refractivity contribution >= 4 is 34.2 Å². The van der Waals surface area contributed by atoms with Crippen molar-refractivity contribution in [1.82, 2.24) is 0 Å². The number of benzene rings is 1. The molecule has 0 saturated carbocycles. The monoisotopic (exact) mass is 332 g/mol. The van der Waals surface area contributed by atoms with Gasteiger partial charge in [-0.1, -0.05) is 0 Å². The van der Waals surface area contributed by atoms with Crippen LogP contribution in [0.15, 0.2) is 18.2 Å². The van der Waals surface area contributed by atoms with Gasteiger partial charge in [-0.25, -0.2) is 0 Å². The third-order valence-corrected chi connectivity index (χ3v) is 3.45. The molecule has 1 saturated heterocycles. The maximum atomic E-state index is 11.7. The molecule has 1 aliphatic rings. The smallest absolute Gasteiger partial charge is 0.228 e. The molecule has 16 heavy (non-hydrogen) atoms. The molecule has 0 radical (unpaired) electrons. The largest absolute Gasteiger partial charge is 0.496 e. The van der Waals surface area contributed by atoms with Crippen molar-refractivity contribution in [3.05, 3.63) is 21.8 Å². The standard InChI is InChI=1S/C11H13IN2O2/c1-16-10-3-2-8(5-9(10)12)14-6-7(13)4-11(14)15/h2-3,5,7H,4,6,13H2,1H3. The van der Waals surface area contributed by atoms with Gasteiger partial charge in [0.1, 0.15) is 5.75 Å². The number of ether oxygens (including phenoxy) is 1. The Labute approximate surface area is 108 Å². The first-order valence-electron chi connectivity index (χ1n) is 5.01. The summed E-state index contributed by atoms with van der Waals surface area (Å²) in [6.07, 6.45) is 0.433. The number of rotatable bonds is 2. The van der Waals surface area contributed by atoms with E-state index in [2.05, 4.69) is 22.6 Å². The second kappa shape index (κ2) is 4.58. The van der Waals surface area contributed by atoms with Crippen LogP contribution in [-0.4, -0.2) is 25.6 Å². The summed E-state index contributed by atoms with van der Waals surface area (Å²) in [6.45, 7) is 0.598. The highest BCUT2D eigenvalue weighted by Gasteiger charge is 2.28. The van der Waals surface area contributed by atoms with Gasteiger partial charge in [-0.05, 0) is 40.8 Å². The van der Waals surface area contributed by atoms with Crippen molar-refractivity contribution in [1.29, 1.82) is 0 Å². The minimum absolute atomic E-state index is 0.0488. The maximum Gasteiger partial charge on any atom is 0.228 e. The van der Waals surface area contributed by atoms with Gasteiger partial charge in [0.15, 0.2) is 0 Å². The van der Waals surface area contributed by atoms with Gasteiger partial charge < -0.3 is 15.4 Å². The summed E-state index contributed by atoms with van der Waals surface area (Å²) in [5.74, 6) is 0.911. The van der Waals surface area contributed by atoms with Gasteiger partial charge in [0.05, 0.1) is 10.7 Å². The van der Waals surface area contributed by atoms with Crippen molar-refractivity contribution in [3.8, 4) is 5.75 Å². The normalized spacial score (nSPS) is 20.3. The fourth-order valence-corrected chi connectivity index (χ4v) is 2.53. The minimum Gasteiger partial charge on any atom is -0.496 e. The lowest BCUT2D eigenvalue weighted by molar-refractivity contribution is -0.117. The molecule has 1 aromatic rings. The van der Waals surface area contributed by atoms with Crippen LogP contribution in [0, 0.1) is 3.57 Å². The Balaban J connectivity index is 2.28. The van der Waals surface area contributed by atoms with Crippen LogP contribution < -0.4 is 15.4 Å². The highest BCUT2D eigenvalue weighted by Crippen LogP contribution is 2.28. The summed E-state index contributed by atoms with van der Waals surface area (Å²) in [6, 6.07) is 5.65. The van der Waals surface area contributed by atoms with Crippen LogP contribution >= 0.6 is 22.6 Å². The zero-order chi connectivity index (χ0) is 11.7. The van der Waals surface area contributed by atoms with E-state index in [1.807, 2.05) is 18.2 Å². The molecule has 0 bridgehead atoms. The number of halogens is 1. The lowest BCUT2D eigenvalue weighted by Gasteiger charge is -2.17. The topological polar surface area (TPSA) is 55.6 Å². The van der Waals surface area contributed by atoms with Gasteiger partial charge in [0, 0.05) is 24.7 Å². The Bertz CT molecular complexity index is 422. The molecule has 1 heterocycles. The second-order valence-corrected chi connectivity index (χ2v) is 4.95. The van der Waals surface area contributed by atoms with E-state index in [0.29, 0.717) is 13.0 Å². The van der Waals surface area contributed by atoms with Gasteiger partial charge in [-0.2, -0.15) is 0 Å². The fraction of sp³-hybridized carbons (Fsp3) is 0.364. The minimum atomic E-state index is -0.0488. The predicted molar refractivity (Wildman–Crippen MR) is 70.7 cm³/mol. The van der Waals surface area contributed by atoms with Crippen molar-refractivity contribution in [2.45, 2.75) is 12.5 Å². The molecule has 5 heteroatoms. The molecule has 0 aliphatic carbocycles. The summed E-state index contributed by atoms with van der Waals surface area (Å²) in [5.41, 5.74) is 6.65. The Morgan fingerprint density at radius 3 is 2.81 bits per heavy atom. The van der Waals surface area contributed by atoms with E-state index in [9.17, 15) is 4.79 Å². The molecule has 1 aliphatic heterocycles. The molecule has 4 nitrogen and oxygen atoms in total. The fourth-order valence-electron chi connectivity index (χ4n) is 1.81. The quantitative estimate of drug-likeness (QED) is 0.832. The molecule has 0 spiro atoms. The van der Waals surface area contributed by atoms with Gasteiger partial charge in [-0.15, -0.1) is 0 Å². The second-order valence-electron chi connectivity index (χ2n) is 3.79. The molecule has 2 N–H and O–H groups in total. The number of hydrogen-bond donors (Lipinski definition) is 1. The van der Waals surface area contributed by atoms with Crippen LogP contribution in [0.5, 0.6) is 5.75 Å². The van der Waals surface area contributed by atoms with Crippen LogP contribution in [-0.2, 0) is 4.79 Å². The molecule has 1 amide bonds. The highest BCUT2D eigenvalue weighted by molar-refractivity contribution is 14.1. The Kier molecular flexibility index (Phi) is 3.34. The van der Waals surface area contributed by atoms with Gasteiger partial charge >= 0.3 is 0 Å². The van der Waals surface area contributed by atoms with Crippen LogP contribution in [0.2, 0.25) is 0 Å². The number of nitrogens with two attached hydrogens (primary N) is 1. The number of amides is 1. The number of methoxy groups -OCH3 is 1. The summed E-state index contributed by atoms with van der Waals surface area (Å²) < 4.78 is 6.17. The van der Waals surface area contributed by atoms with E-state index < -0.39 is 0 Å². The summed E-state index contributed by atoms with van der Waals surface area (Å²) in [5, 5.41) is 0. The number of carbonyl (C=O) groups is 1. The summed E-state index contributed by atoms with van der Waals surface area (Å²) >= 11 is 2.19. The van der Waals surface area contributed by atoms with Gasteiger partial charge in [0.2, 0.25) is 5.91 Å². The van der Waals surface area contributed by atoms with Crippen molar-refractivity contribution in [3.63, 3.8) is 0 Å². The van der Waals surface area contributed by atoms with E-state index >= 15 is 0 Å². The third-order valence-electron chi connectivity index (χ3n) is 2.60. The molecule has 1 atom stereocenters. The van der Waals surface area contributed by atoms with Crippen molar-refractivity contribution in [2.75, 3.05) is 18.6 Å². The van der Waals surface area contributed by atoms with E-state index in [1.54, 1.807) is 12.0 Å². The first kappa shape index (κ1) is 11.7. The van der Waals surface area contributed by atoms with Gasteiger partial charge in [0.25, 0.3) is 0 Å². The Morgan fingerprint density at radius 1 is 1.56 bits per heavy atom. The number of hydrogen-bond acceptors (Lipinski definition) is 3. The lowest BCUT2D eigenvalue weighted by Crippen LogP contribution is -2.27. The number of carbonyl (C=O) groups excluding carboxylic acids is 1. The van der Waals surface area contributed by atoms with Crippen molar-refractivity contribution in [2.24, 2.45) is 5.73 Å². The molecule has 1 unspecified atom stereocenters. The highest BCUT2D eigenvalue weighted by atomic mass is 127. The molecule has 86 valence electrons. The van der Waals surface area contributed by atoms with Crippen LogP contribution in [0.3, 0.4) is 0 Å². The van der Waals surface area contributed by atoms with E-state index in [4.69, 9.17) is 10.5 Å².